The first kappa shape index (κ1) is 36.9. The highest BCUT2D eigenvalue weighted by molar-refractivity contribution is 7.00. The molecule has 0 bridgehead atoms. The summed E-state index contributed by atoms with van der Waals surface area (Å²) in [6.45, 7) is 15.8. The molecule has 0 amide bonds. The fourth-order valence-electron chi connectivity index (χ4n) is 7.83. The first-order valence-corrected chi connectivity index (χ1v) is 21.5. The normalized spacial score (nSPS) is 17.5. The van der Waals surface area contributed by atoms with Crippen molar-refractivity contribution in [2.45, 2.75) is 89.5 Å². The van der Waals surface area contributed by atoms with E-state index in [2.05, 4.69) is 139 Å². The molecule has 4 aromatic rings. The second-order valence-corrected chi connectivity index (χ2v) is 24.3. The van der Waals surface area contributed by atoms with Gasteiger partial charge in [0.2, 0.25) is 0 Å². The quantitative estimate of drug-likeness (QED) is 0.126. The number of rotatable bonds is 13. The molecule has 1 fully saturated rings. The largest absolute Gasteiger partial charge is 0.454 e. The van der Waals surface area contributed by atoms with Gasteiger partial charge in [-0.2, -0.15) is 0 Å². The van der Waals surface area contributed by atoms with E-state index in [-0.39, 0.29) is 29.3 Å². The zero-order valence-electron chi connectivity index (χ0n) is 30.3. The molecule has 1 aliphatic heterocycles. The second kappa shape index (κ2) is 14.9. The molecule has 5 rings (SSSR count). The van der Waals surface area contributed by atoms with Crippen molar-refractivity contribution in [2.75, 3.05) is 13.2 Å². The minimum atomic E-state index is -2.99. The van der Waals surface area contributed by atoms with Crippen molar-refractivity contribution in [3.63, 3.8) is 0 Å². The van der Waals surface area contributed by atoms with Gasteiger partial charge in [-0.3, -0.25) is 4.79 Å². The first-order chi connectivity index (χ1) is 23.3. The summed E-state index contributed by atoms with van der Waals surface area (Å²) in [6.07, 6.45) is 0.833. The summed E-state index contributed by atoms with van der Waals surface area (Å²) in [4.78, 5) is 13.8. The van der Waals surface area contributed by atoms with Crippen LogP contribution in [0.4, 0.5) is 0 Å². The summed E-state index contributed by atoms with van der Waals surface area (Å²) in [7, 11) is -5.98. The molecular formula is C42H54O5Si2. The second-order valence-electron chi connectivity index (χ2n) is 15.7. The Morgan fingerprint density at radius 1 is 0.673 bits per heavy atom. The van der Waals surface area contributed by atoms with Crippen LogP contribution in [0.1, 0.15) is 67.7 Å². The number of aliphatic hydroxyl groups is 1. The summed E-state index contributed by atoms with van der Waals surface area (Å²) in [6, 6.07) is 42.1. The monoisotopic (exact) mass is 694 g/mol. The van der Waals surface area contributed by atoms with Gasteiger partial charge in [-0.15, -0.1) is 0 Å². The van der Waals surface area contributed by atoms with Crippen LogP contribution in [0, 0.1) is 5.92 Å². The van der Waals surface area contributed by atoms with Crippen molar-refractivity contribution in [2.24, 2.45) is 5.92 Å². The summed E-state index contributed by atoms with van der Waals surface area (Å²) >= 11 is 0. The molecule has 2 atom stereocenters. The number of carbonyl (C=O) groups is 1. The number of benzene rings is 4. The molecule has 1 heterocycles. The average Bonchev–Trinajstić information content (AvgIpc) is 3.42. The van der Waals surface area contributed by atoms with E-state index in [9.17, 15) is 9.90 Å². The van der Waals surface area contributed by atoms with Crippen LogP contribution in [-0.4, -0.2) is 52.6 Å². The standard InChI is InChI=1S/C42H54O5Si2/c1-8-21-38(43)37-30-42(47-39(37)44,31-45-48(40(2,3)4,33-22-13-9-14-23-33)34-24-15-10-16-25-34)32-46-49(41(5,6)7,35-26-17-11-18-27-35)36-28-19-12-20-29-36/h9-20,22-29,37-38,43H,8,21,30-32H2,1-7H3. The summed E-state index contributed by atoms with van der Waals surface area (Å²) in [5.74, 6) is -1.02. The van der Waals surface area contributed by atoms with Crippen molar-refractivity contribution in [3.05, 3.63) is 121 Å². The Kier molecular flexibility index (Phi) is 11.2. The number of aliphatic hydroxyl groups excluding tert-OH is 1. The fraction of sp³-hybridized carbons (Fsp3) is 0.405. The predicted octanol–water partition coefficient (Wildman–Crippen LogP) is 6.60. The van der Waals surface area contributed by atoms with Gasteiger partial charge in [0.1, 0.15) is 0 Å². The highest BCUT2D eigenvalue weighted by atomic mass is 28.4. The number of ether oxygens (including phenoxy) is 1. The fourth-order valence-corrected chi connectivity index (χ4v) is 17.1. The van der Waals surface area contributed by atoms with Crippen molar-refractivity contribution >= 4 is 43.4 Å². The van der Waals surface area contributed by atoms with E-state index in [0.717, 1.165) is 27.2 Å². The lowest BCUT2D eigenvalue weighted by atomic mass is 9.90. The molecule has 0 aromatic heterocycles. The Labute approximate surface area is 295 Å². The van der Waals surface area contributed by atoms with Crippen LogP contribution in [-0.2, 0) is 18.4 Å². The highest BCUT2D eigenvalue weighted by Crippen LogP contribution is 2.43. The van der Waals surface area contributed by atoms with Crippen LogP contribution in [0.2, 0.25) is 10.1 Å². The number of esters is 1. The molecular weight excluding hydrogens is 641 g/mol. The van der Waals surface area contributed by atoms with Gasteiger partial charge in [0.05, 0.1) is 25.2 Å². The Morgan fingerprint density at radius 3 is 1.29 bits per heavy atom. The molecule has 49 heavy (non-hydrogen) atoms. The third kappa shape index (κ3) is 7.28. The average molecular weight is 695 g/mol. The zero-order chi connectivity index (χ0) is 35.3. The zero-order valence-corrected chi connectivity index (χ0v) is 32.3. The number of hydrogen-bond donors (Lipinski definition) is 1. The van der Waals surface area contributed by atoms with E-state index in [4.69, 9.17) is 13.6 Å². The lowest BCUT2D eigenvalue weighted by molar-refractivity contribution is -0.157. The minimum Gasteiger partial charge on any atom is -0.454 e. The van der Waals surface area contributed by atoms with Gasteiger partial charge in [0, 0.05) is 6.42 Å². The van der Waals surface area contributed by atoms with Gasteiger partial charge in [-0.05, 0) is 37.2 Å². The number of carbonyl (C=O) groups excluding carboxylic acids is 1. The minimum absolute atomic E-state index is 0.152. The molecule has 2 unspecified atom stereocenters. The van der Waals surface area contributed by atoms with Crippen molar-refractivity contribution < 1.29 is 23.5 Å². The van der Waals surface area contributed by atoms with E-state index in [1.165, 1.54) is 0 Å². The Hall–Kier alpha value is -3.34. The highest BCUT2D eigenvalue weighted by Gasteiger charge is 2.57. The molecule has 1 N–H and O–H groups in total. The molecule has 260 valence electrons. The van der Waals surface area contributed by atoms with E-state index in [0.29, 0.717) is 12.8 Å². The smallest absolute Gasteiger partial charge is 0.312 e. The molecule has 1 aliphatic rings. The van der Waals surface area contributed by atoms with Crippen molar-refractivity contribution in [3.8, 4) is 0 Å². The third-order valence-corrected chi connectivity index (χ3v) is 20.2. The maximum absolute atomic E-state index is 13.8. The van der Waals surface area contributed by atoms with Gasteiger partial charge in [-0.25, -0.2) is 0 Å². The summed E-state index contributed by atoms with van der Waals surface area (Å²) in [5, 5.41) is 15.3. The van der Waals surface area contributed by atoms with Crippen molar-refractivity contribution in [1.29, 1.82) is 0 Å². The van der Waals surface area contributed by atoms with Gasteiger partial charge < -0.3 is 18.7 Å². The van der Waals surface area contributed by atoms with Crippen LogP contribution in [0.3, 0.4) is 0 Å². The number of hydrogen-bond acceptors (Lipinski definition) is 5. The Balaban J connectivity index is 1.64. The maximum Gasteiger partial charge on any atom is 0.312 e. The Bertz CT molecular complexity index is 1450. The third-order valence-electron chi connectivity index (χ3n) is 10.2. The van der Waals surface area contributed by atoms with E-state index < -0.39 is 34.3 Å². The van der Waals surface area contributed by atoms with E-state index in [1.807, 2.05) is 31.2 Å². The molecule has 0 radical (unpaired) electrons. The molecule has 0 aliphatic carbocycles. The SMILES string of the molecule is CCCC(O)C1CC(CO[Si](c2ccccc2)(c2ccccc2)C(C)(C)C)(CO[Si](c2ccccc2)(c2ccccc2)C(C)(C)C)OC1=O. The van der Waals surface area contributed by atoms with Crippen LogP contribution in [0.5, 0.6) is 0 Å². The van der Waals surface area contributed by atoms with Crippen LogP contribution < -0.4 is 20.7 Å². The van der Waals surface area contributed by atoms with Crippen molar-refractivity contribution in [1.82, 2.24) is 0 Å². The van der Waals surface area contributed by atoms with Crippen LogP contribution in [0.25, 0.3) is 0 Å². The molecule has 4 aromatic carbocycles. The maximum atomic E-state index is 13.8. The van der Waals surface area contributed by atoms with Gasteiger partial charge in [0.15, 0.2) is 5.60 Å². The van der Waals surface area contributed by atoms with Crippen LogP contribution >= 0.6 is 0 Å². The molecule has 5 nitrogen and oxygen atoms in total. The van der Waals surface area contributed by atoms with E-state index in [1.54, 1.807) is 0 Å². The molecule has 1 saturated heterocycles. The first-order valence-electron chi connectivity index (χ1n) is 17.7. The topological polar surface area (TPSA) is 65.0 Å². The van der Waals surface area contributed by atoms with Gasteiger partial charge >= 0.3 is 5.97 Å². The lowest BCUT2D eigenvalue weighted by Gasteiger charge is -2.47. The predicted molar refractivity (Wildman–Crippen MR) is 205 cm³/mol. The van der Waals surface area contributed by atoms with Gasteiger partial charge in [-0.1, -0.05) is 176 Å². The van der Waals surface area contributed by atoms with Crippen LogP contribution in [0.15, 0.2) is 121 Å². The Morgan fingerprint density at radius 2 is 1.00 bits per heavy atom. The van der Waals surface area contributed by atoms with Gasteiger partial charge in [0.25, 0.3) is 16.6 Å². The summed E-state index contributed by atoms with van der Waals surface area (Å²) in [5.41, 5.74) is -1.10. The molecule has 7 heteroatoms. The lowest BCUT2D eigenvalue weighted by Crippen LogP contribution is -2.69. The molecule has 0 spiro atoms. The number of cyclic esters (lactones) is 1. The summed E-state index contributed by atoms with van der Waals surface area (Å²) < 4.78 is 21.4. The van der Waals surface area contributed by atoms with E-state index >= 15 is 0 Å². The molecule has 0 saturated carbocycles.